The number of nitrogens with zero attached hydrogens (tertiary/aromatic N) is 1. The first-order valence-electron chi connectivity index (χ1n) is 10.2. The van der Waals surface area contributed by atoms with Gasteiger partial charge in [0.2, 0.25) is 0 Å². The van der Waals surface area contributed by atoms with Gasteiger partial charge in [0.15, 0.2) is 0 Å². The van der Waals surface area contributed by atoms with Crippen molar-refractivity contribution >= 4 is 35.0 Å². The molecule has 1 heterocycles. The Morgan fingerprint density at radius 2 is 1.45 bits per heavy atom. The van der Waals surface area contributed by atoms with Crippen molar-refractivity contribution in [2.24, 2.45) is 0 Å². The van der Waals surface area contributed by atoms with Crippen molar-refractivity contribution in [2.45, 2.75) is 31.6 Å². The van der Waals surface area contributed by atoms with Gasteiger partial charge in [0, 0.05) is 10.6 Å². The summed E-state index contributed by atoms with van der Waals surface area (Å²) in [5.74, 6) is -0.242. The van der Waals surface area contributed by atoms with E-state index in [-0.39, 0.29) is 11.8 Å². The number of nitrogens with one attached hydrogen (secondary N) is 1. The SMILES string of the molecule is Cc1ccc(N2C(=O)C(Nc3ccc(C(C)C)cc3)=C(Sc3ccccc3)C2=O)cc1. The first-order valence-corrected chi connectivity index (χ1v) is 11.1. The van der Waals surface area contributed by atoms with Crippen molar-refractivity contribution in [1.82, 2.24) is 0 Å². The summed E-state index contributed by atoms with van der Waals surface area (Å²) in [6.07, 6.45) is 0. The van der Waals surface area contributed by atoms with Gasteiger partial charge in [0.25, 0.3) is 11.8 Å². The summed E-state index contributed by atoms with van der Waals surface area (Å²) in [6.45, 7) is 6.25. The minimum Gasteiger partial charge on any atom is -0.350 e. The number of carbonyl (C=O) groups is 2. The molecule has 0 atom stereocenters. The molecule has 0 saturated carbocycles. The first kappa shape index (κ1) is 20.9. The molecular weight excluding hydrogens is 404 g/mol. The van der Waals surface area contributed by atoms with E-state index < -0.39 is 0 Å². The largest absolute Gasteiger partial charge is 0.350 e. The van der Waals surface area contributed by atoms with Gasteiger partial charge in [-0.2, -0.15) is 0 Å². The molecule has 0 fully saturated rings. The van der Waals surface area contributed by atoms with Gasteiger partial charge in [-0.25, -0.2) is 4.90 Å². The molecule has 1 aliphatic rings. The molecule has 0 bridgehead atoms. The molecule has 0 aromatic heterocycles. The third kappa shape index (κ3) is 4.42. The molecule has 1 N–H and O–H groups in total. The Kier molecular flexibility index (Phi) is 5.96. The van der Waals surface area contributed by atoms with Crippen LogP contribution in [-0.4, -0.2) is 11.8 Å². The van der Waals surface area contributed by atoms with Crippen LogP contribution in [0.3, 0.4) is 0 Å². The van der Waals surface area contributed by atoms with Crippen LogP contribution in [0.1, 0.15) is 30.9 Å². The Morgan fingerprint density at radius 3 is 2.06 bits per heavy atom. The van der Waals surface area contributed by atoms with Crippen molar-refractivity contribution in [2.75, 3.05) is 10.2 Å². The molecule has 156 valence electrons. The number of amides is 2. The van der Waals surface area contributed by atoms with Gasteiger partial charge >= 0.3 is 0 Å². The van der Waals surface area contributed by atoms with Crippen molar-refractivity contribution in [3.8, 4) is 0 Å². The summed E-state index contributed by atoms with van der Waals surface area (Å²) in [5.41, 5.74) is 3.93. The van der Waals surface area contributed by atoms with Gasteiger partial charge in [-0.15, -0.1) is 0 Å². The van der Waals surface area contributed by atoms with Gasteiger partial charge in [-0.3, -0.25) is 9.59 Å². The maximum absolute atomic E-state index is 13.4. The monoisotopic (exact) mass is 428 g/mol. The van der Waals surface area contributed by atoms with Crippen LogP contribution in [0.4, 0.5) is 11.4 Å². The number of imide groups is 1. The lowest BCUT2D eigenvalue weighted by molar-refractivity contribution is -0.120. The summed E-state index contributed by atoms with van der Waals surface area (Å²) < 4.78 is 0. The molecule has 2 amide bonds. The van der Waals surface area contributed by atoms with Crippen LogP contribution in [0.15, 0.2) is 94.4 Å². The molecule has 0 spiro atoms. The lowest BCUT2D eigenvalue weighted by Crippen LogP contribution is -2.32. The predicted molar refractivity (Wildman–Crippen MR) is 127 cm³/mol. The quantitative estimate of drug-likeness (QED) is 0.482. The molecule has 0 saturated heterocycles. The standard InChI is InChI=1S/C26H24N2O2S/c1-17(2)19-11-13-20(14-12-19)27-23-24(31-22-7-5-4-6-8-22)26(30)28(25(23)29)21-15-9-18(3)10-16-21/h4-17,27H,1-3H3. The summed E-state index contributed by atoms with van der Waals surface area (Å²) in [7, 11) is 0. The molecule has 4 rings (SSSR count). The van der Waals surface area contributed by atoms with Crippen LogP contribution in [0.25, 0.3) is 0 Å². The number of hydrogen-bond donors (Lipinski definition) is 1. The fourth-order valence-electron chi connectivity index (χ4n) is 3.34. The van der Waals surface area contributed by atoms with Crippen LogP contribution >= 0.6 is 11.8 Å². The Morgan fingerprint density at radius 1 is 0.806 bits per heavy atom. The highest BCUT2D eigenvalue weighted by molar-refractivity contribution is 8.04. The predicted octanol–water partition coefficient (Wildman–Crippen LogP) is 6.11. The lowest BCUT2D eigenvalue weighted by Gasteiger charge is -2.15. The van der Waals surface area contributed by atoms with Crippen molar-refractivity contribution in [3.63, 3.8) is 0 Å². The van der Waals surface area contributed by atoms with Crippen molar-refractivity contribution < 1.29 is 9.59 Å². The van der Waals surface area contributed by atoms with E-state index in [9.17, 15) is 9.59 Å². The Balaban J connectivity index is 1.71. The van der Waals surface area contributed by atoms with Crippen LogP contribution in [0.5, 0.6) is 0 Å². The van der Waals surface area contributed by atoms with Crippen LogP contribution in [0.2, 0.25) is 0 Å². The number of carbonyl (C=O) groups excluding carboxylic acids is 2. The van der Waals surface area contributed by atoms with Gasteiger partial charge in [0.1, 0.15) is 10.6 Å². The van der Waals surface area contributed by atoms with E-state index in [2.05, 4.69) is 19.2 Å². The molecule has 0 aliphatic carbocycles. The molecule has 1 aliphatic heterocycles. The van der Waals surface area contributed by atoms with E-state index in [4.69, 9.17) is 0 Å². The first-order chi connectivity index (χ1) is 14.9. The molecule has 4 nitrogen and oxygen atoms in total. The molecular formula is C26H24N2O2S. The lowest BCUT2D eigenvalue weighted by atomic mass is 10.0. The number of hydrogen-bond acceptors (Lipinski definition) is 4. The van der Waals surface area contributed by atoms with Crippen LogP contribution in [0, 0.1) is 6.92 Å². The highest BCUT2D eigenvalue weighted by Gasteiger charge is 2.40. The van der Waals surface area contributed by atoms with Gasteiger partial charge in [0.05, 0.1) is 5.69 Å². The summed E-state index contributed by atoms with van der Waals surface area (Å²) in [4.78, 5) is 29.2. The molecule has 3 aromatic rings. The number of thioether (sulfide) groups is 1. The second kappa shape index (κ2) is 8.82. The van der Waals surface area contributed by atoms with E-state index in [0.717, 1.165) is 16.1 Å². The molecule has 3 aromatic carbocycles. The molecule has 0 radical (unpaired) electrons. The van der Waals surface area contributed by atoms with Gasteiger partial charge in [-0.05, 0) is 54.8 Å². The zero-order chi connectivity index (χ0) is 22.0. The fraction of sp³-hybridized carbons (Fsp3) is 0.154. The molecule has 5 heteroatoms. The summed E-state index contributed by atoms with van der Waals surface area (Å²) >= 11 is 1.31. The van der Waals surface area contributed by atoms with E-state index in [0.29, 0.717) is 22.2 Å². The summed E-state index contributed by atoms with van der Waals surface area (Å²) in [5, 5.41) is 3.22. The Labute approximate surface area is 187 Å². The maximum Gasteiger partial charge on any atom is 0.283 e. The fourth-order valence-corrected chi connectivity index (χ4v) is 4.29. The maximum atomic E-state index is 13.4. The van der Waals surface area contributed by atoms with E-state index in [1.54, 1.807) is 12.1 Å². The number of aryl methyl sites for hydroxylation is 1. The average Bonchev–Trinajstić information content (AvgIpc) is 2.99. The zero-order valence-corrected chi connectivity index (χ0v) is 18.6. The third-order valence-corrected chi connectivity index (χ3v) is 6.23. The van der Waals surface area contributed by atoms with E-state index in [1.165, 1.54) is 22.2 Å². The Hall–Kier alpha value is -3.31. The zero-order valence-electron chi connectivity index (χ0n) is 17.8. The van der Waals surface area contributed by atoms with Gasteiger partial charge in [-0.1, -0.05) is 73.6 Å². The minimum absolute atomic E-state index is 0.303. The number of rotatable bonds is 6. The second-order valence-electron chi connectivity index (χ2n) is 7.80. The highest BCUT2D eigenvalue weighted by Crippen LogP contribution is 2.37. The number of benzene rings is 3. The van der Waals surface area contributed by atoms with E-state index >= 15 is 0 Å². The molecule has 31 heavy (non-hydrogen) atoms. The van der Waals surface area contributed by atoms with Crippen LogP contribution in [-0.2, 0) is 9.59 Å². The topological polar surface area (TPSA) is 49.4 Å². The normalized spacial score (nSPS) is 14.0. The third-order valence-electron chi connectivity index (χ3n) is 5.14. The molecule has 0 unspecified atom stereocenters. The van der Waals surface area contributed by atoms with E-state index in [1.807, 2.05) is 73.7 Å². The highest BCUT2D eigenvalue weighted by atomic mass is 32.2. The van der Waals surface area contributed by atoms with Gasteiger partial charge < -0.3 is 5.32 Å². The van der Waals surface area contributed by atoms with Crippen LogP contribution < -0.4 is 10.2 Å². The Bertz CT molecular complexity index is 1130. The van der Waals surface area contributed by atoms with Crippen molar-refractivity contribution in [3.05, 3.63) is 101 Å². The second-order valence-corrected chi connectivity index (χ2v) is 8.89. The van der Waals surface area contributed by atoms with Crippen molar-refractivity contribution in [1.29, 1.82) is 0 Å². The number of anilines is 2. The summed E-state index contributed by atoms with van der Waals surface area (Å²) in [6, 6.07) is 25.0. The average molecular weight is 429 g/mol. The smallest absolute Gasteiger partial charge is 0.283 e. The minimum atomic E-state index is -0.347.